The topological polar surface area (TPSA) is 16.8 Å². The molecule has 3 aromatic rings. The molecule has 2 aromatic heterocycles. The van der Waals surface area contributed by atoms with Crippen LogP contribution in [-0.4, -0.2) is 4.98 Å². The van der Waals surface area contributed by atoms with Gasteiger partial charge in [0.1, 0.15) is 7.05 Å². The van der Waals surface area contributed by atoms with Crippen LogP contribution >= 0.6 is 11.3 Å². The summed E-state index contributed by atoms with van der Waals surface area (Å²) < 4.78 is 3.41. The highest BCUT2D eigenvalue weighted by molar-refractivity contribution is 7.18. The van der Waals surface area contributed by atoms with Gasteiger partial charge in [-0.1, -0.05) is 18.2 Å². The Morgan fingerprint density at radius 1 is 1.11 bits per heavy atom. The maximum absolute atomic E-state index is 4.69. The SMILES string of the molecule is Cc1nc2c(-c3ccccc3C)[n+](C)ccc2s1. The molecular weight excluding hydrogens is 240 g/mol. The summed E-state index contributed by atoms with van der Waals surface area (Å²) >= 11 is 1.75. The predicted octanol–water partition coefficient (Wildman–Crippen LogP) is 3.40. The highest BCUT2D eigenvalue weighted by atomic mass is 32.1. The molecule has 0 radical (unpaired) electrons. The molecule has 0 saturated heterocycles. The minimum atomic E-state index is 1.11. The third-order valence-electron chi connectivity index (χ3n) is 3.19. The normalized spacial score (nSPS) is 11.1. The first-order chi connectivity index (χ1) is 8.66. The van der Waals surface area contributed by atoms with Crippen LogP contribution in [-0.2, 0) is 7.05 Å². The quantitative estimate of drug-likeness (QED) is 0.609. The second-order valence-corrected chi connectivity index (χ2v) is 5.77. The average Bonchev–Trinajstić information content (AvgIpc) is 2.71. The molecule has 2 heterocycles. The van der Waals surface area contributed by atoms with E-state index in [1.165, 1.54) is 21.5 Å². The van der Waals surface area contributed by atoms with Crippen molar-refractivity contribution in [2.24, 2.45) is 7.05 Å². The summed E-state index contributed by atoms with van der Waals surface area (Å²) in [5.41, 5.74) is 4.86. The van der Waals surface area contributed by atoms with Gasteiger partial charge < -0.3 is 0 Å². The van der Waals surface area contributed by atoms with Gasteiger partial charge in [0.15, 0.2) is 11.7 Å². The molecular formula is C15H15N2S+. The van der Waals surface area contributed by atoms with Gasteiger partial charge in [-0.3, -0.25) is 0 Å². The summed E-state index contributed by atoms with van der Waals surface area (Å²) in [7, 11) is 2.08. The van der Waals surface area contributed by atoms with E-state index >= 15 is 0 Å². The number of pyridine rings is 1. The van der Waals surface area contributed by atoms with Crippen LogP contribution in [0, 0.1) is 13.8 Å². The minimum absolute atomic E-state index is 1.11. The highest BCUT2D eigenvalue weighted by Gasteiger charge is 2.19. The van der Waals surface area contributed by atoms with E-state index in [1.54, 1.807) is 11.3 Å². The Hall–Kier alpha value is -1.74. The Morgan fingerprint density at radius 2 is 1.89 bits per heavy atom. The van der Waals surface area contributed by atoms with Gasteiger partial charge in [-0.05, 0) is 25.5 Å². The number of benzene rings is 1. The first-order valence-electron chi connectivity index (χ1n) is 5.98. The van der Waals surface area contributed by atoms with E-state index in [2.05, 4.69) is 67.0 Å². The first-order valence-corrected chi connectivity index (χ1v) is 6.80. The third kappa shape index (κ3) is 1.71. The lowest BCUT2D eigenvalue weighted by Crippen LogP contribution is -2.30. The van der Waals surface area contributed by atoms with Gasteiger partial charge >= 0.3 is 0 Å². The van der Waals surface area contributed by atoms with Gasteiger partial charge in [-0.25, -0.2) is 4.98 Å². The predicted molar refractivity (Wildman–Crippen MR) is 75.7 cm³/mol. The zero-order valence-electron chi connectivity index (χ0n) is 10.8. The molecule has 0 atom stereocenters. The molecule has 0 saturated carbocycles. The molecule has 1 aromatic carbocycles. The Labute approximate surface area is 111 Å². The van der Waals surface area contributed by atoms with Crippen LogP contribution in [0.3, 0.4) is 0 Å². The summed E-state index contributed by atoms with van der Waals surface area (Å²) in [6.07, 6.45) is 2.11. The van der Waals surface area contributed by atoms with Gasteiger partial charge in [0.25, 0.3) is 0 Å². The molecule has 0 aliphatic heterocycles. The number of aryl methyl sites for hydroxylation is 3. The van der Waals surface area contributed by atoms with Crippen LogP contribution < -0.4 is 4.57 Å². The van der Waals surface area contributed by atoms with E-state index in [9.17, 15) is 0 Å². The molecule has 0 N–H and O–H groups in total. The summed E-state index contributed by atoms with van der Waals surface area (Å²) in [5.74, 6) is 0. The van der Waals surface area contributed by atoms with Crippen LogP contribution in [0.4, 0.5) is 0 Å². The van der Waals surface area contributed by atoms with E-state index < -0.39 is 0 Å². The molecule has 3 heteroatoms. The molecule has 18 heavy (non-hydrogen) atoms. The minimum Gasteiger partial charge on any atom is -0.234 e. The van der Waals surface area contributed by atoms with Crippen LogP contribution in [0.25, 0.3) is 21.5 Å². The van der Waals surface area contributed by atoms with Crippen LogP contribution in [0.15, 0.2) is 36.5 Å². The lowest BCUT2D eigenvalue weighted by molar-refractivity contribution is -0.659. The Balaban J connectivity index is 2.41. The van der Waals surface area contributed by atoms with Crippen molar-refractivity contribution in [2.75, 3.05) is 0 Å². The van der Waals surface area contributed by atoms with Crippen LogP contribution in [0.1, 0.15) is 10.6 Å². The molecule has 0 bridgehead atoms. The summed E-state index contributed by atoms with van der Waals surface area (Å²) in [4.78, 5) is 4.69. The molecule has 0 unspecified atom stereocenters. The maximum atomic E-state index is 4.69. The zero-order valence-corrected chi connectivity index (χ0v) is 11.6. The van der Waals surface area contributed by atoms with E-state index in [1.807, 2.05) is 0 Å². The summed E-state index contributed by atoms with van der Waals surface area (Å²) in [6.45, 7) is 4.21. The number of fused-ring (bicyclic) bond motifs is 1. The molecule has 2 nitrogen and oxygen atoms in total. The Morgan fingerprint density at radius 3 is 2.67 bits per heavy atom. The largest absolute Gasteiger partial charge is 0.239 e. The molecule has 0 fully saturated rings. The first kappa shape index (κ1) is 11.4. The molecule has 3 rings (SSSR count). The van der Waals surface area contributed by atoms with Crippen molar-refractivity contribution in [1.82, 2.24) is 4.98 Å². The number of rotatable bonds is 1. The van der Waals surface area contributed by atoms with E-state index in [4.69, 9.17) is 0 Å². The van der Waals surface area contributed by atoms with Gasteiger partial charge in [-0.2, -0.15) is 4.57 Å². The zero-order chi connectivity index (χ0) is 12.7. The monoisotopic (exact) mass is 255 g/mol. The van der Waals surface area contributed by atoms with Crippen LogP contribution in [0.5, 0.6) is 0 Å². The van der Waals surface area contributed by atoms with Crippen molar-refractivity contribution >= 4 is 21.6 Å². The van der Waals surface area contributed by atoms with Crippen LogP contribution in [0.2, 0.25) is 0 Å². The Kier molecular flexibility index (Phi) is 2.63. The van der Waals surface area contributed by atoms with Crippen molar-refractivity contribution in [2.45, 2.75) is 13.8 Å². The number of hydrogen-bond acceptors (Lipinski definition) is 2. The standard InChI is InChI=1S/C15H15N2S/c1-10-6-4-5-7-12(10)15-14-13(8-9-17(15)3)18-11(2)16-14/h4-9H,1-3H3/q+1. The van der Waals surface area contributed by atoms with Crippen molar-refractivity contribution in [1.29, 1.82) is 0 Å². The third-order valence-corrected chi connectivity index (χ3v) is 4.12. The lowest BCUT2D eigenvalue weighted by Gasteiger charge is -2.04. The van der Waals surface area contributed by atoms with Crippen molar-refractivity contribution in [3.05, 3.63) is 47.1 Å². The van der Waals surface area contributed by atoms with E-state index in [0.29, 0.717) is 0 Å². The molecule has 0 spiro atoms. The molecule has 0 aliphatic carbocycles. The van der Waals surface area contributed by atoms with Gasteiger partial charge in [0, 0.05) is 6.07 Å². The fourth-order valence-electron chi connectivity index (χ4n) is 2.30. The molecule has 0 amide bonds. The number of hydrogen-bond donors (Lipinski definition) is 0. The molecule has 0 aliphatic rings. The van der Waals surface area contributed by atoms with E-state index in [-0.39, 0.29) is 0 Å². The Bertz CT molecular complexity index is 728. The second kappa shape index (κ2) is 4.18. The fraction of sp³-hybridized carbons (Fsp3) is 0.200. The average molecular weight is 255 g/mol. The maximum Gasteiger partial charge on any atom is 0.239 e. The summed E-state index contributed by atoms with van der Waals surface area (Å²) in [6, 6.07) is 10.6. The molecule has 90 valence electrons. The second-order valence-electron chi connectivity index (χ2n) is 4.54. The van der Waals surface area contributed by atoms with Crippen molar-refractivity contribution in [3.8, 4) is 11.3 Å². The number of thiazole rings is 1. The van der Waals surface area contributed by atoms with Gasteiger partial charge in [0.2, 0.25) is 5.69 Å². The highest BCUT2D eigenvalue weighted by Crippen LogP contribution is 2.29. The van der Waals surface area contributed by atoms with Gasteiger partial charge in [0.05, 0.1) is 15.3 Å². The van der Waals surface area contributed by atoms with E-state index in [0.717, 1.165) is 10.5 Å². The smallest absolute Gasteiger partial charge is 0.234 e. The lowest BCUT2D eigenvalue weighted by atomic mass is 10.0. The van der Waals surface area contributed by atoms with Gasteiger partial charge in [-0.15, -0.1) is 11.3 Å². The number of aromatic nitrogens is 2. The van der Waals surface area contributed by atoms with Crippen molar-refractivity contribution < 1.29 is 4.57 Å². The van der Waals surface area contributed by atoms with Crippen molar-refractivity contribution in [3.63, 3.8) is 0 Å². The fourth-order valence-corrected chi connectivity index (χ4v) is 3.13. The summed E-state index contributed by atoms with van der Waals surface area (Å²) in [5, 5.41) is 1.12. The number of nitrogens with zero attached hydrogens (tertiary/aromatic N) is 2.